The van der Waals surface area contributed by atoms with Crippen LogP contribution in [0.15, 0.2) is 71.8 Å². The number of benzene rings is 2. The van der Waals surface area contributed by atoms with Gasteiger partial charge in [-0.05, 0) is 24.3 Å². The third kappa shape index (κ3) is 3.02. The number of anilines is 1. The molecule has 3 aromatic heterocycles. The Balaban J connectivity index is 1.37. The van der Waals surface area contributed by atoms with Gasteiger partial charge in [0.15, 0.2) is 17.1 Å². The number of H-pyrrole nitrogens is 1. The van der Waals surface area contributed by atoms with Crippen LogP contribution in [-0.2, 0) is 0 Å². The van der Waals surface area contributed by atoms with Crippen molar-refractivity contribution in [3.63, 3.8) is 0 Å². The van der Waals surface area contributed by atoms with Crippen molar-refractivity contribution < 1.29 is 9.47 Å². The van der Waals surface area contributed by atoms with Crippen LogP contribution < -0.4 is 20.3 Å². The number of fused-ring (bicyclic) bond motifs is 4. The van der Waals surface area contributed by atoms with Crippen LogP contribution in [-0.4, -0.2) is 44.0 Å². The average molecular weight is 426 g/mol. The van der Waals surface area contributed by atoms with Crippen molar-refractivity contribution in [1.29, 1.82) is 0 Å². The Hall–Kier alpha value is -4.40. The predicted octanol–water partition coefficient (Wildman–Crippen LogP) is 2.91. The zero-order valence-electron chi connectivity index (χ0n) is 16.9. The number of pyridine rings is 1. The first-order valence-corrected chi connectivity index (χ1v) is 10.2. The summed E-state index contributed by atoms with van der Waals surface area (Å²) in [6, 6.07) is 17.0. The molecule has 0 bridgehead atoms. The average Bonchev–Trinajstić information content (AvgIpc) is 3.34. The number of aromatic nitrogens is 5. The van der Waals surface area contributed by atoms with Gasteiger partial charge < -0.3 is 14.8 Å². The number of para-hydroxylation sites is 3. The van der Waals surface area contributed by atoms with E-state index in [0.717, 1.165) is 11.4 Å². The molecule has 0 spiro atoms. The van der Waals surface area contributed by atoms with Crippen molar-refractivity contribution in [2.75, 3.05) is 18.5 Å². The molecule has 0 fully saturated rings. The monoisotopic (exact) mass is 426 g/mol. The van der Waals surface area contributed by atoms with E-state index in [4.69, 9.17) is 9.47 Å². The Morgan fingerprint density at radius 1 is 1.06 bits per heavy atom. The summed E-state index contributed by atoms with van der Waals surface area (Å²) in [5.74, 6) is 1.84. The maximum absolute atomic E-state index is 13.2. The molecule has 32 heavy (non-hydrogen) atoms. The lowest BCUT2D eigenvalue weighted by molar-refractivity contribution is 0.0996. The molecule has 5 aromatic rings. The van der Waals surface area contributed by atoms with Crippen LogP contribution in [0.3, 0.4) is 0 Å². The molecule has 0 saturated heterocycles. The highest BCUT2D eigenvalue weighted by Crippen LogP contribution is 2.31. The normalized spacial score (nSPS) is 15.2. The van der Waals surface area contributed by atoms with Crippen molar-refractivity contribution in [1.82, 2.24) is 24.7 Å². The Kier molecular flexibility index (Phi) is 4.24. The zero-order chi connectivity index (χ0) is 21.5. The first kappa shape index (κ1) is 18.4. The van der Waals surface area contributed by atoms with Crippen LogP contribution in [0.2, 0.25) is 0 Å². The van der Waals surface area contributed by atoms with Gasteiger partial charge in [0, 0.05) is 12.4 Å². The zero-order valence-corrected chi connectivity index (χ0v) is 16.9. The van der Waals surface area contributed by atoms with E-state index < -0.39 is 0 Å². The topological polar surface area (TPSA) is 107 Å². The minimum absolute atomic E-state index is 0.197. The van der Waals surface area contributed by atoms with Gasteiger partial charge in [0.1, 0.15) is 18.2 Å². The fraction of sp³-hybridized carbons (Fsp3) is 0.130. The number of rotatable bonds is 4. The molecular weight excluding hydrogens is 408 g/mol. The summed E-state index contributed by atoms with van der Waals surface area (Å²) in [7, 11) is 0. The number of aromatic amines is 1. The molecular formula is C23H18N6O3. The number of nitrogens with one attached hydrogen (secondary N) is 2. The summed E-state index contributed by atoms with van der Waals surface area (Å²) >= 11 is 0. The van der Waals surface area contributed by atoms with Crippen LogP contribution in [0.1, 0.15) is 0 Å². The van der Waals surface area contributed by atoms with Gasteiger partial charge in [-0.2, -0.15) is 10.1 Å². The first-order valence-electron chi connectivity index (χ1n) is 10.2. The van der Waals surface area contributed by atoms with E-state index in [1.807, 2.05) is 54.6 Å². The SMILES string of the molecule is O=c1c2c[nH]nc2c2cnc(NC[C@H]3COc4ccccc4O3)nc2n1-c1ccccc1. The third-order valence-electron chi connectivity index (χ3n) is 5.38. The molecule has 1 atom stereocenters. The minimum atomic E-state index is -0.200. The quantitative estimate of drug-likeness (QED) is 0.455. The van der Waals surface area contributed by atoms with E-state index in [0.29, 0.717) is 46.8 Å². The second-order valence-corrected chi connectivity index (χ2v) is 7.43. The molecule has 9 heteroatoms. The lowest BCUT2D eigenvalue weighted by Crippen LogP contribution is -2.35. The number of ether oxygens (including phenoxy) is 2. The molecule has 0 saturated carbocycles. The van der Waals surface area contributed by atoms with Crippen molar-refractivity contribution in [2.45, 2.75) is 6.10 Å². The van der Waals surface area contributed by atoms with Gasteiger partial charge in [0.2, 0.25) is 5.95 Å². The summed E-state index contributed by atoms with van der Waals surface area (Å²) in [4.78, 5) is 22.3. The summed E-state index contributed by atoms with van der Waals surface area (Å²) in [5, 5.41) is 11.4. The van der Waals surface area contributed by atoms with E-state index in [1.54, 1.807) is 17.0 Å². The summed E-state index contributed by atoms with van der Waals surface area (Å²) in [6.45, 7) is 0.861. The molecule has 1 aliphatic rings. The van der Waals surface area contributed by atoms with Gasteiger partial charge in [-0.15, -0.1) is 0 Å². The van der Waals surface area contributed by atoms with Crippen LogP contribution in [0.5, 0.6) is 11.5 Å². The molecule has 9 nitrogen and oxygen atoms in total. The van der Waals surface area contributed by atoms with E-state index in [2.05, 4.69) is 25.5 Å². The van der Waals surface area contributed by atoms with Crippen LogP contribution in [0.4, 0.5) is 5.95 Å². The van der Waals surface area contributed by atoms with Crippen molar-refractivity contribution in [3.05, 3.63) is 77.3 Å². The van der Waals surface area contributed by atoms with Crippen LogP contribution >= 0.6 is 0 Å². The largest absolute Gasteiger partial charge is 0.486 e. The predicted molar refractivity (Wildman–Crippen MR) is 120 cm³/mol. The summed E-state index contributed by atoms with van der Waals surface area (Å²) in [6.07, 6.45) is 3.08. The van der Waals surface area contributed by atoms with Gasteiger partial charge >= 0.3 is 0 Å². The van der Waals surface area contributed by atoms with Crippen molar-refractivity contribution in [2.24, 2.45) is 0 Å². The van der Waals surface area contributed by atoms with E-state index >= 15 is 0 Å². The lowest BCUT2D eigenvalue weighted by Gasteiger charge is -2.26. The van der Waals surface area contributed by atoms with E-state index in [1.165, 1.54) is 0 Å². The Morgan fingerprint density at radius 3 is 2.75 bits per heavy atom. The van der Waals surface area contributed by atoms with E-state index in [-0.39, 0.29) is 11.7 Å². The second kappa shape index (κ2) is 7.38. The summed E-state index contributed by atoms with van der Waals surface area (Å²) in [5.41, 5.74) is 1.54. The number of nitrogens with zero attached hydrogens (tertiary/aromatic N) is 4. The molecule has 0 aliphatic carbocycles. The Labute approximate surface area is 181 Å². The van der Waals surface area contributed by atoms with Crippen LogP contribution in [0.25, 0.3) is 27.6 Å². The van der Waals surface area contributed by atoms with Gasteiger partial charge in [-0.3, -0.25) is 14.5 Å². The smallest absolute Gasteiger partial charge is 0.267 e. The maximum atomic E-state index is 13.2. The first-order chi connectivity index (χ1) is 15.8. The van der Waals surface area contributed by atoms with Gasteiger partial charge in [0.25, 0.3) is 5.56 Å². The fourth-order valence-electron chi connectivity index (χ4n) is 3.86. The summed E-state index contributed by atoms with van der Waals surface area (Å²) < 4.78 is 13.3. The maximum Gasteiger partial charge on any atom is 0.267 e. The molecule has 158 valence electrons. The molecule has 2 aromatic carbocycles. The van der Waals surface area contributed by atoms with Crippen molar-refractivity contribution >= 4 is 27.9 Å². The molecule has 0 radical (unpaired) electrons. The highest BCUT2D eigenvalue weighted by molar-refractivity contribution is 6.02. The van der Waals surface area contributed by atoms with Crippen LogP contribution in [0, 0.1) is 0 Å². The highest BCUT2D eigenvalue weighted by Gasteiger charge is 2.21. The lowest BCUT2D eigenvalue weighted by atomic mass is 10.2. The Bertz CT molecular complexity index is 1490. The van der Waals surface area contributed by atoms with Gasteiger partial charge in [0.05, 0.1) is 23.0 Å². The third-order valence-corrected chi connectivity index (χ3v) is 5.38. The van der Waals surface area contributed by atoms with Gasteiger partial charge in [-0.25, -0.2) is 4.98 Å². The van der Waals surface area contributed by atoms with E-state index in [9.17, 15) is 4.79 Å². The molecule has 0 unspecified atom stereocenters. The van der Waals surface area contributed by atoms with Gasteiger partial charge in [-0.1, -0.05) is 30.3 Å². The van der Waals surface area contributed by atoms with Crippen molar-refractivity contribution in [3.8, 4) is 17.2 Å². The molecule has 6 rings (SSSR count). The molecule has 2 N–H and O–H groups in total. The number of hydrogen-bond acceptors (Lipinski definition) is 7. The fourth-order valence-corrected chi connectivity index (χ4v) is 3.86. The Morgan fingerprint density at radius 2 is 1.88 bits per heavy atom. The molecule has 0 amide bonds. The second-order valence-electron chi connectivity index (χ2n) is 7.43. The molecule has 1 aliphatic heterocycles. The highest BCUT2D eigenvalue weighted by atomic mass is 16.6. The standard InChI is InChI=1S/C23H18N6O3/c30-22-17-12-26-28-20(17)16-11-25-23(27-21(16)29(22)14-6-2-1-3-7-14)24-10-15-13-31-18-8-4-5-9-19(18)32-15/h1-9,11-12,15H,10,13H2,(H,26,28)(H,24,25,27)/t15-/m0/s1. The minimum Gasteiger partial charge on any atom is -0.486 e. The number of hydrogen-bond donors (Lipinski definition) is 2. The molecule has 4 heterocycles.